The minimum Gasteiger partial charge on any atom is -0.351 e. The summed E-state index contributed by atoms with van der Waals surface area (Å²) in [5.41, 5.74) is 3.02. The Bertz CT molecular complexity index is 816. The average Bonchev–Trinajstić information content (AvgIpc) is 2.87. The van der Waals surface area contributed by atoms with Crippen LogP contribution in [0, 0.1) is 0 Å². The van der Waals surface area contributed by atoms with Crippen molar-refractivity contribution < 1.29 is 4.79 Å². The fourth-order valence-corrected chi connectivity index (χ4v) is 3.81. The Labute approximate surface area is 150 Å². The maximum atomic E-state index is 12.6. The molecule has 0 saturated carbocycles. The molecule has 1 N–H and O–H groups in total. The Morgan fingerprint density at radius 2 is 1.79 bits per heavy atom. The topological polar surface area (TPSA) is 34.0 Å². The first-order valence-electron chi connectivity index (χ1n) is 8.15. The molecule has 2 aromatic carbocycles. The molecule has 0 bridgehead atoms. The van der Waals surface area contributed by atoms with Gasteiger partial charge in [-0.05, 0) is 39.9 Å². The summed E-state index contributed by atoms with van der Waals surface area (Å²) in [6.45, 7) is 2.84. The average molecular weight is 385 g/mol. The highest BCUT2D eigenvalue weighted by molar-refractivity contribution is 9.10. The molecule has 0 saturated heterocycles. The lowest BCUT2D eigenvalue weighted by Gasteiger charge is -2.13. The molecule has 3 aromatic rings. The van der Waals surface area contributed by atoms with Crippen molar-refractivity contribution in [3.05, 3.63) is 70.3 Å². The number of para-hydroxylation sites is 1. The molecule has 0 spiro atoms. The van der Waals surface area contributed by atoms with E-state index in [1.165, 1.54) is 5.56 Å². The number of hydrogen-bond donors (Lipinski definition) is 1. The van der Waals surface area contributed by atoms with Crippen molar-refractivity contribution >= 4 is 32.7 Å². The number of benzene rings is 2. The van der Waals surface area contributed by atoms with E-state index in [1.807, 2.05) is 41.9 Å². The Balaban J connectivity index is 1.68. The first-order chi connectivity index (χ1) is 11.6. The van der Waals surface area contributed by atoms with Gasteiger partial charge in [0.1, 0.15) is 5.69 Å². The van der Waals surface area contributed by atoms with E-state index in [4.69, 9.17) is 0 Å². The van der Waals surface area contributed by atoms with Crippen molar-refractivity contribution in [1.29, 1.82) is 0 Å². The predicted octanol–water partition coefficient (Wildman–Crippen LogP) is 4.86. The van der Waals surface area contributed by atoms with Crippen LogP contribution in [0.3, 0.4) is 0 Å². The lowest BCUT2D eigenvalue weighted by molar-refractivity contribution is 0.0944. The molecule has 1 heterocycles. The van der Waals surface area contributed by atoms with Gasteiger partial charge in [0.2, 0.25) is 0 Å². The van der Waals surface area contributed by atoms with Crippen LogP contribution in [0.1, 0.15) is 35.3 Å². The van der Waals surface area contributed by atoms with Gasteiger partial charge in [0.25, 0.3) is 5.91 Å². The third-order valence-corrected chi connectivity index (χ3v) is 5.29. The van der Waals surface area contributed by atoms with Gasteiger partial charge < -0.3 is 9.88 Å². The summed E-state index contributed by atoms with van der Waals surface area (Å²) in [5.74, 6) is 0.378. The molecule has 1 unspecified atom stereocenters. The van der Waals surface area contributed by atoms with E-state index in [1.54, 1.807) is 0 Å². The molecular weight excluding hydrogens is 364 g/mol. The molecule has 4 heteroatoms. The predicted molar refractivity (Wildman–Crippen MR) is 102 cm³/mol. The second-order valence-electron chi connectivity index (χ2n) is 6.10. The second kappa shape index (κ2) is 7.22. The molecule has 1 atom stereocenters. The van der Waals surface area contributed by atoms with Crippen molar-refractivity contribution in [2.45, 2.75) is 19.3 Å². The summed E-state index contributed by atoms with van der Waals surface area (Å²) in [6.07, 6.45) is 0.914. The van der Waals surface area contributed by atoms with Crippen molar-refractivity contribution in [2.75, 3.05) is 6.54 Å². The van der Waals surface area contributed by atoms with Gasteiger partial charge in [0.05, 0.1) is 4.47 Å². The fourth-order valence-electron chi connectivity index (χ4n) is 3.03. The van der Waals surface area contributed by atoms with Gasteiger partial charge in [-0.15, -0.1) is 0 Å². The van der Waals surface area contributed by atoms with Gasteiger partial charge in [-0.3, -0.25) is 4.79 Å². The van der Waals surface area contributed by atoms with Crippen LogP contribution in [0.4, 0.5) is 0 Å². The fraction of sp³-hybridized carbons (Fsp3) is 0.250. The number of fused-ring (bicyclic) bond motifs is 1. The minimum atomic E-state index is -0.0409. The molecule has 0 aliphatic heterocycles. The third-order valence-electron chi connectivity index (χ3n) is 4.49. The van der Waals surface area contributed by atoms with Crippen LogP contribution < -0.4 is 5.32 Å². The van der Waals surface area contributed by atoms with Crippen LogP contribution in [0.25, 0.3) is 10.9 Å². The molecule has 0 aliphatic rings. The highest BCUT2D eigenvalue weighted by Gasteiger charge is 2.19. The molecule has 0 radical (unpaired) electrons. The zero-order valence-electron chi connectivity index (χ0n) is 13.9. The minimum absolute atomic E-state index is 0.0409. The summed E-state index contributed by atoms with van der Waals surface area (Å²) in [4.78, 5) is 12.6. The molecular formula is C20H21BrN2O. The number of carbonyl (C=O) groups is 1. The monoisotopic (exact) mass is 384 g/mol. The Kier molecular flexibility index (Phi) is 5.05. The quantitative estimate of drug-likeness (QED) is 0.669. The third kappa shape index (κ3) is 3.24. The molecule has 3 nitrogen and oxygen atoms in total. The van der Waals surface area contributed by atoms with Crippen molar-refractivity contribution in [3.8, 4) is 0 Å². The number of hydrogen-bond acceptors (Lipinski definition) is 1. The number of carbonyl (C=O) groups excluding carboxylic acids is 1. The maximum Gasteiger partial charge on any atom is 0.269 e. The molecule has 3 rings (SSSR count). The number of aromatic nitrogens is 1. The van der Waals surface area contributed by atoms with Gasteiger partial charge in [0, 0.05) is 24.5 Å². The van der Waals surface area contributed by atoms with Gasteiger partial charge >= 0.3 is 0 Å². The molecule has 124 valence electrons. The molecule has 0 fully saturated rings. The number of amides is 1. The van der Waals surface area contributed by atoms with Crippen LogP contribution in [0.15, 0.2) is 59.1 Å². The smallest absolute Gasteiger partial charge is 0.269 e. The van der Waals surface area contributed by atoms with Gasteiger partial charge in [-0.25, -0.2) is 0 Å². The summed E-state index contributed by atoms with van der Waals surface area (Å²) in [7, 11) is 1.93. The highest BCUT2D eigenvalue weighted by atomic mass is 79.9. The lowest BCUT2D eigenvalue weighted by Crippen LogP contribution is -2.27. The Morgan fingerprint density at radius 1 is 1.12 bits per heavy atom. The molecule has 1 amide bonds. The van der Waals surface area contributed by atoms with Gasteiger partial charge in [-0.2, -0.15) is 0 Å². The number of rotatable bonds is 5. The summed E-state index contributed by atoms with van der Waals surface area (Å²) >= 11 is 3.58. The van der Waals surface area contributed by atoms with E-state index in [0.29, 0.717) is 18.2 Å². The van der Waals surface area contributed by atoms with E-state index in [0.717, 1.165) is 21.8 Å². The lowest BCUT2D eigenvalue weighted by atomic mass is 9.98. The maximum absolute atomic E-state index is 12.6. The van der Waals surface area contributed by atoms with E-state index in [9.17, 15) is 4.79 Å². The van der Waals surface area contributed by atoms with Crippen LogP contribution >= 0.6 is 15.9 Å². The SMILES string of the molecule is CC(CCNC(=O)c1c(Br)c2ccccc2n1C)c1ccccc1. The zero-order chi connectivity index (χ0) is 17.1. The van der Waals surface area contributed by atoms with Crippen molar-refractivity contribution in [1.82, 2.24) is 9.88 Å². The molecule has 1 aromatic heterocycles. The largest absolute Gasteiger partial charge is 0.351 e. The number of aryl methyl sites for hydroxylation is 1. The van der Waals surface area contributed by atoms with E-state index < -0.39 is 0 Å². The first-order valence-corrected chi connectivity index (χ1v) is 8.95. The van der Waals surface area contributed by atoms with E-state index in [-0.39, 0.29) is 5.91 Å². The summed E-state index contributed by atoms with van der Waals surface area (Å²) < 4.78 is 2.80. The van der Waals surface area contributed by atoms with Crippen LogP contribution in [-0.2, 0) is 7.05 Å². The first kappa shape index (κ1) is 16.8. The second-order valence-corrected chi connectivity index (χ2v) is 6.89. The van der Waals surface area contributed by atoms with Crippen molar-refractivity contribution in [3.63, 3.8) is 0 Å². The standard InChI is InChI=1S/C20H21BrN2O/c1-14(15-8-4-3-5-9-15)12-13-22-20(24)19-18(21)16-10-6-7-11-17(16)23(19)2/h3-11,14H,12-13H2,1-2H3,(H,22,24). The highest BCUT2D eigenvalue weighted by Crippen LogP contribution is 2.30. The molecule has 24 heavy (non-hydrogen) atoms. The van der Waals surface area contributed by atoms with Crippen molar-refractivity contribution in [2.24, 2.45) is 7.05 Å². The summed E-state index contributed by atoms with van der Waals surface area (Å²) in [6, 6.07) is 18.4. The zero-order valence-corrected chi connectivity index (χ0v) is 15.5. The van der Waals surface area contributed by atoms with Gasteiger partial charge in [-0.1, -0.05) is 55.5 Å². The molecule has 0 aliphatic carbocycles. The Morgan fingerprint density at radius 3 is 2.50 bits per heavy atom. The number of nitrogens with one attached hydrogen (secondary N) is 1. The Hall–Kier alpha value is -2.07. The van der Waals surface area contributed by atoms with Gasteiger partial charge in [0.15, 0.2) is 0 Å². The number of halogens is 1. The van der Waals surface area contributed by atoms with E-state index >= 15 is 0 Å². The van der Waals surface area contributed by atoms with Crippen LogP contribution in [0.5, 0.6) is 0 Å². The van der Waals surface area contributed by atoms with Crippen LogP contribution in [0.2, 0.25) is 0 Å². The van der Waals surface area contributed by atoms with Crippen LogP contribution in [-0.4, -0.2) is 17.0 Å². The number of nitrogens with zero attached hydrogens (tertiary/aromatic N) is 1. The summed E-state index contributed by atoms with van der Waals surface area (Å²) in [5, 5.41) is 4.11. The van der Waals surface area contributed by atoms with E-state index in [2.05, 4.69) is 52.4 Å². The normalized spacial score (nSPS) is 12.3.